The first-order chi connectivity index (χ1) is 12.2. The lowest BCUT2D eigenvalue weighted by molar-refractivity contribution is -0.137. The van der Waals surface area contributed by atoms with Crippen molar-refractivity contribution < 1.29 is 22.8 Å². The van der Waals surface area contributed by atoms with Gasteiger partial charge in [-0.05, 0) is 42.5 Å². The number of carbonyl (C=O) groups is 2. The van der Waals surface area contributed by atoms with Crippen LogP contribution in [-0.2, 0) is 15.8 Å². The van der Waals surface area contributed by atoms with Crippen LogP contribution in [0, 0.1) is 5.92 Å². The average molecular weight is 427 g/mol. The van der Waals surface area contributed by atoms with Gasteiger partial charge in [-0.15, -0.1) is 0 Å². The molecule has 3 rings (SSSR count). The van der Waals surface area contributed by atoms with Crippen molar-refractivity contribution in [2.24, 2.45) is 5.92 Å². The van der Waals surface area contributed by atoms with Crippen LogP contribution in [0.25, 0.3) is 0 Å². The van der Waals surface area contributed by atoms with Crippen molar-refractivity contribution in [3.8, 4) is 0 Å². The number of benzene rings is 2. The number of amides is 2. The fraction of sp³-hybridized carbons (Fsp3) is 0.222. The summed E-state index contributed by atoms with van der Waals surface area (Å²) < 4.78 is 39.4. The van der Waals surface area contributed by atoms with E-state index < -0.39 is 17.7 Å². The molecular formula is C18H14BrF3N2O2. The molecule has 1 heterocycles. The number of hydrogen-bond acceptors (Lipinski definition) is 2. The first-order valence-corrected chi connectivity index (χ1v) is 8.57. The molecule has 2 aromatic carbocycles. The summed E-state index contributed by atoms with van der Waals surface area (Å²) in [4.78, 5) is 25.8. The van der Waals surface area contributed by atoms with E-state index in [-0.39, 0.29) is 30.5 Å². The number of alkyl halides is 3. The Labute approximate surface area is 156 Å². The quantitative estimate of drug-likeness (QED) is 0.787. The predicted molar refractivity (Wildman–Crippen MR) is 94.7 cm³/mol. The highest BCUT2D eigenvalue weighted by molar-refractivity contribution is 9.10. The number of carbonyl (C=O) groups excluding carboxylic acids is 2. The summed E-state index contributed by atoms with van der Waals surface area (Å²) in [5, 5.41) is 2.72. The predicted octanol–water partition coefficient (Wildman–Crippen LogP) is 4.46. The molecule has 0 aromatic heterocycles. The fourth-order valence-electron chi connectivity index (χ4n) is 2.76. The molecule has 136 valence electrons. The van der Waals surface area contributed by atoms with Gasteiger partial charge in [-0.1, -0.05) is 22.0 Å². The number of nitrogens with zero attached hydrogens (tertiary/aromatic N) is 1. The van der Waals surface area contributed by atoms with E-state index in [1.165, 1.54) is 17.0 Å². The van der Waals surface area contributed by atoms with Crippen LogP contribution >= 0.6 is 15.9 Å². The van der Waals surface area contributed by atoms with E-state index in [4.69, 9.17) is 0 Å². The van der Waals surface area contributed by atoms with Crippen LogP contribution in [0.15, 0.2) is 53.0 Å². The standard InChI is InChI=1S/C18H14BrF3N2O2/c19-13-4-6-14(7-5-13)23-17(26)11-8-16(25)24(10-11)15-3-1-2-12(9-15)18(20,21)22/h1-7,9,11H,8,10H2,(H,23,26)/t11-/m0/s1. The minimum atomic E-state index is -4.49. The van der Waals surface area contributed by atoms with Gasteiger partial charge in [0.2, 0.25) is 11.8 Å². The van der Waals surface area contributed by atoms with E-state index >= 15 is 0 Å². The Kier molecular flexibility index (Phi) is 5.04. The lowest BCUT2D eigenvalue weighted by Gasteiger charge is -2.18. The summed E-state index contributed by atoms with van der Waals surface area (Å²) in [6, 6.07) is 11.5. The number of halogens is 4. The van der Waals surface area contributed by atoms with Crippen LogP contribution in [0.5, 0.6) is 0 Å². The summed E-state index contributed by atoms with van der Waals surface area (Å²) in [7, 11) is 0. The van der Waals surface area contributed by atoms with E-state index in [1.807, 2.05) is 0 Å². The van der Waals surface area contributed by atoms with E-state index in [0.29, 0.717) is 5.69 Å². The highest BCUT2D eigenvalue weighted by Crippen LogP contribution is 2.33. The second kappa shape index (κ2) is 7.11. The Morgan fingerprint density at radius 3 is 2.50 bits per heavy atom. The number of nitrogens with one attached hydrogen (secondary N) is 1. The number of rotatable bonds is 3. The van der Waals surface area contributed by atoms with Gasteiger partial charge in [-0.2, -0.15) is 13.2 Å². The zero-order valence-electron chi connectivity index (χ0n) is 13.4. The van der Waals surface area contributed by atoms with E-state index in [9.17, 15) is 22.8 Å². The van der Waals surface area contributed by atoms with E-state index in [1.54, 1.807) is 24.3 Å². The molecule has 1 N–H and O–H groups in total. The van der Waals surface area contributed by atoms with E-state index in [0.717, 1.165) is 16.6 Å². The van der Waals surface area contributed by atoms with Gasteiger partial charge in [0.1, 0.15) is 0 Å². The molecule has 0 unspecified atom stereocenters. The maximum Gasteiger partial charge on any atom is 0.416 e. The molecule has 0 spiro atoms. The van der Waals surface area contributed by atoms with Gasteiger partial charge in [-0.25, -0.2) is 0 Å². The normalized spacial score (nSPS) is 17.5. The summed E-state index contributed by atoms with van der Waals surface area (Å²) in [6.45, 7) is 0.0442. The molecule has 1 atom stereocenters. The second-order valence-electron chi connectivity index (χ2n) is 5.95. The molecule has 8 heteroatoms. The minimum Gasteiger partial charge on any atom is -0.326 e. The molecule has 4 nitrogen and oxygen atoms in total. The summed E-state index contributed by atoms with van der Waals surface area (Å²) in [6.07, 6.45) is -4.53. The monoisotopic (exact) mass is 426 g/mol. The number of hydrogen-bond donors (Lipinski definition) is 1. The minimum absolute atomic E-state index is 0.0430. The maximum atomic E-state index is 12.9. The number of anilines is 2. The Balaban J connectivity index is 1.72. The smallest absolute Gasteiger partial charge is 0.326 e. The van der Waals surface area contributed by atoms with Gasteiger partial charge in [0.25, 0.3) is 0 Å². The van der Waals surface area contributed by atoms with Crippen molar-refractivity contribution in [2.45, 2.75) is 12.6 Å². The zero-order valence-corrected chi connectivity index (χ0v) is 15.0. The van der Waals surface area contributed by atoms with Crippen LogP contribution in [-0.4, -0.2) is 18.4 Å². The average Bonchev–Trinajstić information content (AvgIpc) is 2.98. The SMILES string of the molecule is O=C(Nc1ccc(Br)cc1)[C@H]1CC(=O)N(c2cccc(C(F)(F)F)c2)C1. The van der Waals surface area contributed by atoms with Crippen LogP contribution in [0.3, 0.4) is 0 Å². The van der Waals surface area contributed by atoms with Crippen LogP contribution in [0.1, 0.15) is 12.0 Å². The lowest BCUT2D eigenvalue weighted by Crippen LogP contribution is -2.28. The highest BCUT2D eigenvalue weighted by Gasteiger charge is 2.36. The highest BCUT2D eigenvalue weighted by atomic mass is 79.9. The molecule has 0 saturated carbocycles. The van der Waals surface area contributed by atoms with Gasteiger partial charge < -0.3 is 10.2 Å². The maximum absolute atomic E-state index is 12.9. The lowest BCUT2D eigenvalue weighted by atomic mass is 10.1. The molecule has 0 aliphatic carbocycles. The first-order valence-electron chi connectivity index (χ1n) is 7.78. The van der Waals surface area contributed by atoms with Gasteiger partial charge in [-0.3, -0.25) is 9.59 Å². The van der Waals surface area contributed by atoms with Gasteiger partial charge in [0, 0.05) is 28.8 Å². The van der Waals surface area contributed by atoms with Crippen molar-refractivity contribution in [2.75, 3.05) is 16.8 Å². The fourth-order valence-corrected chi connectivity index (χ4v) is 3.02. The summed E-state index contributed by atoms with van der Waals surface area (Å²) in [5.41, 5.74) is -0.0995. The zero-order chi connectivity index (χ0) is 18.9. The van der Waals surface area contributed by atoms with Crippen molar-refractivity contribution in [1.29, 1.82) is 0 Å². The summed E-state index contributed by atoms with van der Waals surface area (Å²) in [5.74, 6) is -1.34. The van der Waals surface area contributed by atoms with Gasteiger partial charge >= 0.3 is 6.18 Å². The van der Waals surface area contributed by atoms with Crippen LogP contribution < -0.4 is 10.2 Å². The third-order valence-corrected chi connectivity index (χ3v) is 4.62. The molecule has 1 fully saturated rings. The van der Waals surface area contributed by atoms with Gasteiger partial charge in [0.05, 0.1) is 11.5 Å². The first kappa shape index (κ1) is 18.4. The summed E-state index contributed by atoms with van der Waals surface area (Å²) >= 11 is 3.30. The van der Waals surface area contributed by atoms with E-state index in [2.05, 4.69) is 21.2 Å². The topological polar surface area (TPSA) is 49.4 Å². The van der Waals surface area contributed by atoms with Crippen molar-refractivity contribution in [3.05, 3.63) is 58.6 Å². The Morgan fingerprint density at radius 1 is 1.15 bits per heavy atom. The molecule has 2 aromatic rings. The van der Waals surface area contributed by atoms with Crippen LogP contribution in [0.4, 0.5) is 24.5 Å². The molecule has 1 saturated heterocycles. The van der Waals surface area contributed by atoms with Crippen molar-refractivity contribution in [1.82, 2.24) is 0 Å². The third kappa shape index (κ3) is 4.07. The van der Waals surface area contributed by atoms with Gasteiger partial charge in [0.15, 0.2) is 0 Å². The van der Waals surface area contributed by atoms with Crippen LogP contribution in [0.2, 0.25) is 0 Å². The Morgan fingerprint density at radius 2 is 1.85 bits per heavy atom. The Hall–Kier alpha value is -2.35. The largest absolute Gasteiger partial charge is 0.416 e. The molecular weight excluding hydrogens is 413 g/mol. The second-order valence-corrected chi connectivity index (χ2v) is 6.87. The Bertz CT molecular complexity index is 837. The molecule has 1 aliphatic heterocycles. The molecule has 2 amide bonds. The molecule has 0 radical (unpaired) electrons. The molecule has 1 aliphatic rings. The van der Waals surface area contributed by atoms with Crippen molar-refractivity contribution >= 4 is 39.1 Å². The third-order valence-electron chi connectivity index (χ3n) is 4.09. The molecule has 0 bridgehead atoms. The molecule has 26 heavy (non-hydrogen) atoms. The van der Waals surface area contributed by atoms with Crippen molar-refractivity contribution in [3.63, 3.8) is 0 Å².